The van der Waals surface area contributed by atoms with Crippen LogP contribution in [-0.2, 0) is 12.0 Å². The topological polar surface area (TPSA) is 20.2 Å². The van der Waals surface area contributed by atoms with E-state index in [4.69, 9.17) is 0 Å². The van der Waals surface area contributed by atoms with Crippen molar-refractivity contribution in [1.82, 2.24) is 0 Å². The smallest absolute Gasteiger partial charge is 0.114 e. The van der Waals surface area contributed by atoms with Crippen LogP contribution in [0.5, 0.6) is 0 Å². The lowest BCUT2D eigenvalue weighted by molar-refractivity contribution is 0.0304. The van der Waals surface area contributed by atoms with Crippen LogP contribution in [0, 0.1) is 0 Å². The van der Waals surface area contributed by atoms with Gasteiger partial charge in [-0.2, -0.15) is 0 Å². The van der Waals surface area contributed by atoms with E-state index in [1.807, 2.05) is 23.5 Å². The van der Waals surface area contributed by atoms with Gasteiger partial charge in [0.1, 0.15) is 5.60 Å². The average molecular weight is 266 g/mol. The molecule has 1 aliphatic carbocycles. The van der Waals surface area contributed by atoms with Crippen LogP contribution in [0.2, 0.25) is 0 Å². The van der Waals surface area contributed by atoms with Gasteiger partial charge in [-0.25, -0.2) is 0 Å². The van der Waals surface area contributed by atoms with Crippen molar-refractivity contribution >= 4 is 23.5 Å². The summed E-state index contributed by atoms with van der Waals surface area (Å²) in [6.07, 6.45) is 3.16. The van der Waals surface area contributed by atoms with E-state index >= 15 is 0 Å². The van der Waals surface area contributed by atoms with Crippen LogP contribution in [-0.4, -0.2) is 20.7 Å². The second kappa shape index (κ2) is 4.22. The highest BCUT2D eigenvalue weighted by molar-refractivity contribution is 8.18. The molecule has 2 aliphatic rings. The second-order valence-electron chi connectivity index (χ2n) is 5.01. The van der Waals surface area contributed by atoms with Crippen molar-refractivity contribution < 1.29 is 5.11 Å². The fraction of sp³-hybridized carbons (Fsp3) is 0.571. The summed E-state index contributed by atoms with van der Waals surface area (Å²) in [4.78, 5) is 0. The Balaban J connectivity index is 2.02. The first-order valence-electron chi connectivity index (χ1n) is 6.24. The first-order valence-corrected chi connectivity index (χ1v) is 8.21. The Morgan fingerprint density at radius 3 is 2.65 bits per heavy atom. The summed E-state index contributed by atoms with van der Waals surface area (Å²) >= 11 is 3.88. The highest BCUT2D eigenvalue weighted by Gasteiger charge is 2.52. The highest BCUT2D eigenvalue weighted by atomic mass is 32.2. The van der Waals surface area contributed by atoms with Gasteiger partial charge in [-0.1, -0.05) is 24.3 Å². The molecule has 1 saturated heterocycles. The summed E-state index contributed by atoms with van der Waals surface area (Å²) in [5, 5.41) is 11.2. The van der Waals surface area contributed by atoms with Gasteiger partial charge in [-0.05, 0) is 48.8 Å². The van der Waals surface area contributed by atoms with Crippen LogP contribution in [0.4, 0.5) is 0 Å². The Morgan fingerprint density at radius 2 is 1.88 bits per heavy atom. The molecule has 1 heterocycles. The van der Waals surface area contributed by atoms with Gasteiger partial charge in [-0.3, -0.25) is 0 Å². The van der Waals surface area contributed by atoms with E-state index in [9.17, 15) is 5.11 Å². The number of hydrogen-bond donors (Lipinski definition) is 1. The molecule has 1 fully saturated rings. The first-order chi connectivity index (χ1) is 8.16. The van der Waals surface area contributed by atoms with Crippen molar-refractivity contribution in [1.29, 1.82) is 0 Å². The van der Waals surface area contributed by atoms with Crippen molar-refractivity contribution in [3.63, 3.8) is 0 Å². The van der Waals surface area contributed by atoms with Crippen molar-refractivity contribution in [2.75, 3.05) is 11.5 Å². The zero-order valence-corrected chi connectivity index (χ0v) is 11.7. The molecule has 1 N–H and O–H groups in total. The second-order valence-corrected chi connectivity index (χ2v) is 8.30. The lowest BCUT2D eigenvalue weighted by Gasteiger charge is -2.44. The van der Waals surface area contributed by atoms with Gasteiger partial charge in [0.15, 0.2) is 0 Å². The molecule has 1 aromatic carbocycles. The molecule has 92 valence electrons. The molecule has 0 saturated carbocycles. The monoisotopic (exact) mass is 266 g/mol. The summed E-state index contributed by atoms with van der Waals surface area (Å²) in [7, 11) is 0. The van der Waals surface area contributed by atoms with E-state index in [0.717, 1.165) is 12.8 Å². The van der Waals surface area contributed by atoms with Gasteiger partial charge in [0.25, 0.3) is 0 Å². The Hall–Kier alpha value is -0.120. The van der Waals surface area contributed by atoms with Crippen LogP contribution in [0.1, 0.15) is 30.9 Å². The number of benzene rings is 1. The molecule has 1 nitrogen and oxygen atoms in total. The zero-order valence-electron chi connectivity index (χ0n) is 10.1. The Labute approximate surface area is 111 Å². The molecule has 0 unspecified atom stereocenters. The predicted molar refractivity (Wildman–Crippen MR) is 76.6 cm³/mol. The Kier molecular flexibility index (Phi) is 2.96. The van der Waals surface area contributed by atoms with E-state index in [-0.39, 0.29) is 4.08 Å². The molecule has 1 aliphatic heterocycles. The minimum absolute atomic E-state index is 0.0716. The molecule has 0 radical (unpaired) electrons. The lowest BCUT2D eigenvalue weighted by Crippen LogP contribution is -2.45. The molecule has 0 aromatic heterocycles. The SMILES string of the molecule is CC1([C@]2(O)CCc3ccccc32)SCCCS1. The van der Waals surface area contributed by atoms with Gasteiger partial charge in [0.05, 0.1) is 4.08 Å². The maximum Gasteiger partial charge on any atom is 0.114 e. The first kappa shape index (κ1) is 11.9. The van der Waals surface area contributed by atoms with Crippen LogP contribution < -0.4 is 0 Å². The normalized spacial score (nSPS) is 31.2. The minimum atomic E-state index is -0.640. The van der Waals surface area contributed by atoms with Crippen molar-refractivity contribution in [2.24, 2.45) is 0 Å². The van der Waals surface area contributed by atoms with E-state index in [2.05, 4.69) is 31.2 Å². The maximum absolute atomic E-state index is 11.2. The molecule has 1 atom stereocenters. The van der Waals surface area contributed by atoms with Crippen molar-refractivity contribution in [2.45, 2.75) is 35.9 Å². The van der Waals surface area contributed by atoms with Crippen LogP contribution >= 0.6 is 23.5 Å². The van der Waals surface area contributed by atoms with E-state index < -0.39 is 5.60 Å². The fourth-order valence-electron chi connectivity index (χ4n) is 2.94. The summed E-state index contributed by atoms with van der Waals surface area (Å²) in [6.45, 7) is 2.23. The standard InChI is InChI=1S/C14H18OS2/c1-13(16-9-4-10-17-13)14(15)8-7-11-5-2-3-6-12(11)14/h2-3,5-6,15H,4,7-10H2,1H3/t14-/m0/s1. The van der Waals surface area contributed by atoms with Gasteiger partial charge >= 0.3 is 0 Å². The maximum atomic E-state index is 11.2. The van der Waals surface area contributed by atoms with Crippen LogP contribution in [0.3, 0.4) is 0 Å². The number of thioether (sulfide) groups is 2. The highest BCUT2D eigenvalue weighted by Crippen LogP contribution is 2.57. The molecular weight excluding hydrogens is 248 g/mol. The van der Waals surface area contributed by atoms with Gasteiger partial charge in [0.2, 0.25) is 0 Å². The van der Waals surface area contributed by atoms with Crippen molar-refractivity contribution in [3.05, 3.63) is 35.4 Å². The summed E-state index contributed by atoms with van der Waals surface area (Å²) in [6, 6.07) is 8.41. The number of rotatable bonds is 1. The Bertz CT molecular complexity index is 426. The molecule has 0 bridgehead atoms. The van der Waals surface area contributed by atoms with Gasteiger partial charge < -0.3 is 5.11 Å². The number of aryl methyl sites for hydroxylation is 1. The number of fused-ring (bicyclic) bond motifs is 1. The third-order valence-corrected chi connectivity index (χ3v) is 7.48. The zero-order chi connectivity index (χ0) is 11.9. The lowest BCUT2D eigenvalue weighted by atomic mass is 9.92. The van der Waals surface area contributed by atoms with Crippen LogP contribution in [0.25, 0.3) is 0 Å². The molecule has 0 spiro atoms. The predicted octanol–water partition coefficient (Wildman–Crippen LogP) is 3.41. The van der Waals surface area contributed by atoms with E-state index in [1.54, 1.807) is 0 Å². The van der Waals surface area contributed by atoms with Crippen molar-refractivity contribution in [3.8, 4) is 0 Å². The molecule has 3 rings (SSSR count). The largest absolute Gasteiger partial charge is 0.383 e. The molecule has 3 heteroatoms. The third-order valence-electron chi connectivity index (χ3n) is 4.01. The van der Waals surface area contributed by atoms with E-state index in [0.29, 0.717) is 0 Å². The Morgan fingerprint density at radius 1 is 1.18 bits per heavy atom. The molecule has 1 aromatic rings. The quantitative estimate of drug-likeness (QED) is 0.841. The third kappa shape index (κ3) is 1.74. The van der Waals surface area contributed by atoms with Gasteiger partial charge in [-0.15, -0.1) is 23.5 Å². The van der Waals surface area contributed by atoms with Crippen LogP contribution in [0.15, 0.2) is 24.3 Å². The average Bonchev–Trinajstić information content (AvgIpc) is 2.71. The molecule has 17 heavy (non-hydrogen) atoms. The molecule has 0 amide bonds. The van der Waals surface area contributed by atoms with E-state index in [1.165, 1.54) is 29.1 Å². The number of aliphatic hydroxyl groups is 1. The fourth-order valence-corrected chi connectivity index (χ4v) is 6.21. The number of hydrogen-bond acceptors (Lipinski definition) is 3. The summed E-state index contributed by atoms with van der Waals surface area (Å²) in [5.41, 5.74) is 1.87. The minimum Gasteiger partial charge on any atom is -0.383 e. The summed E-state index contributed by atoms with van der Waals surface area (Å²) in [5.74, 6) is 2.35. The molecular formula is C14H18OS2. The van der Waals surface area contributed by atoms with Gasteiger partial charge in [0, 0.05) is 0 Å². The summed E-state index contributed by atoms with van der Waals surface area (Å²) < 4.78 is -0.0716.